The Bertz CT molecular complexity index is 1090. The van der Waals surface area contributed by atoms with Gasteiger partial charge in [0.15, 0.2) is 0 Å². The lowest BCUT2D eigenvalue weighted by Gasteiger charge is -2.27. The first-order chi connectivity index (χ1) is 15.4. The van der Waals surface area contributed by atoms with Gasteiger partial charge in [-0.05, 0) is 68.7 Å². The quantitative estimate of drug-likeness (QED) is 0.508. The van der Waals surface area contributed by atoms with E-state index in [1.54, 1.807) is 34.1 Å². The molecule has 3 aromatic rings. The third kappa shape index (κ3) is 5.44. The highest BCUT2D eigenvalue weighted by Gasteiger charge is 2.35. The highest BCUT2D eigenvalue weighted by Crippen LogP contribution is 2.28. The molecule has 0 spiro atoms. The zero-order valence-corrected chi connectivity index (χ0v) is 18.4. The number of carbonyl (C=O) groups is 2. The summed E-state index contributed by atoms with van der Waals surface area (Å²) in [4.78, 5) is 29.9. The summed E-state index contributed by atoms with van der Waals surface area (Å²) < 4.78 is 19.0. The Kier molecular flexibility index (Phi) is 6.40. The standard InChI is InChI=1S/C26H27FN2O3/c1-18-3-8-21(9-4-18)26(31)29(23-12-13-23)17-25(30)28(16-24-14-5-19(2)32-24)15-20-6-10-22(27)11-7-20/h3-11,14,23H,12-13,15-17H2,1-2H3. The maximum Gasteiger partial charge on any atom is 0.254 e. The van der Waals surface area contributed by atoms with Gasteiger partial charge in [0, 0.05) is 18.2 Å². The van der Waals surface area contributed by atoms with E-state index in [9.17, 15) is 14.0 Å². The molecule has 1 aliphatic rings. The van der Waals surface area contributed by atoms with Gasteiger partial charge in [-0.25, -0.2) is 4.39 Å². The van der Waals surface area contributed by atoms with Crippen molar-refractivity contribution in [3.63, 3.8) is 0 Å². The van der Waals surface area contributed by atoms with Gasteiger partial charge < -0.3 is 14.2 Å². The van der Waals surface area contributed by atoms with Crippen molar-refractivity contribution in [3.8, 4) is 0 Å². The fraction of sp³-hybridized carbons (Fsp3) is 0.308. The van der Waals surface area contributed by atoms with Gasteiger partial charge in [0.1, 0.15) is 23.9 Å². The summed E-state index contributed by atoms with van der Waals surface area (Å²) in [5, 5.41) is 0. The first-order valence-electron chi connectivity index (χ1n) is 10.8. The van der Waals surface area contributed by atoms with Crippen LogP contribution in [0.15, 0.2) is 65.1 Å². The van der Waals surface area contributed by atoms with Crippen LogP contribution in [0.1, 0.15) is 45.8 Å². The van der Waals surface area contributed by atoms with Crippen LogP contribution in [0.3, 0.4) is 0 Å². The number of carbonyl (C=O) groups excluding carboxylic acids is 2. The number of benzene rings is 2. The lowest BCUT2D eigenvalue weighted by molar-refractivity contribution is -0.133. The van der Waals surface area contributed by atoms with Crippen LogP contribution < -0.4 is 0 Å². The Labute approximate surface area is 187 Å². The van der Waals surface area contributed by atoms with Crippen molar-refractivity contribution in [2.45, 2.75) is 45.8 Å². The van der Waals surface area contributed by atoms with Crippen LogP contribution in [0.2, 0.25) is 0 Å². The molecular formula is C26H27FN2O3. The molecule has 1 heterocycles. The topological polar surface area (TPSA) is 53.8 Å². The van der Waals surface area contributed by atoms with E-state index in [4.69, 9.17) is 4.42 Å². The molecule has 2 amide bonds. The van der Waals surface area contributed by atoms with Gasteiger partial charge in [0.05, 0.1) is 6.54 Å². The highest BCUT2D eigenvalue weighted by molar-refractivity contribution is 5.97. The average molecular weight is 435 g/mol. The SMILES string of the molecule is Cc1ccc(C(=O)N(CC(=O)N(Cc2ccc(F)cc2)Cc2ccc(C)o2)C2CC2)cc1. The van der Waals surface area contributed by atoms with E-state index < -0.39 is 0 Å². The predicted octanol–water partition coefficient (Wildman–Crippen LogP) is 4.87. The van der Waals surface area contributed by atoms with E-state index in [-0.39, 0.29) is 36.8 Å². The summed E-state index contributed by atoms with van der Waals surface area (Å²) in [6.07, 6.45) is 1.81. The maximum atomic E-state index is 13.4. The Balaban J connectivity index is 1.53. The molecule has 1 saturated carbocycles. The third-order valence-electron chi connectivity index (χ3n) is 5.63. The van der Waals surface area contributed by atoms with Crippen molar-refractivity contribution in [3.05, 3.63) is 94.7 Å². The largest absolute Gasteiger partial charge is 0.464 e. The molecule has 1 aliphatic carbocycles. The molecule has 0 radical (unpaired) electrons. The lowest BCUT2D eigenvalue weighted by Crippen LogP contribution is -2.43. The van der Waals surface area contributed by atoms with Crippen LogP contribution in [-0.4, -0.2) is 34.2 Å². The molecule has 0 N–H and O–H groups in total. The number of hydrogen-bond donors (Lipinski definition) is 0. The van der Waals surface area contributed by atoms with Crippen molar-refractivity contribution in [1.82, 2.24) is 9.80 Å². The number of aryl methyl sites for hydroxylation is 2. The van der Waals surface area contributed by atoms with E-state index >= 15 is 0 Å². The molecule has 166 valence electrons. The number of nitrogens with zero attached hydrogens (tertiary/aromatic N) is 2. The van der Waals surface area contributed by atoms with Gasteiger partial charge in [-0.3, -0.25) is 9.59 Å². The fourth-order valence-corrected chi connectivity index (χ4v) is 3.66. The smallest absolute Gasteiger partial charge is 0.254 e. The molecule has 32 heavy (non-hydrogen) atoms. The molecule has 0 aliphatic heterocycles. The van der Waals surface area contributed by atoms with Gasteiger partial charge in [-0.1, -0.05) is 29.8 Å². The van der Waals surface area contributed by atoms with Gasteiger partial charge in [0.25, 0.3) is 5.91 Å². The van der Waals surface area contributed by atoms with Crippen molar-refractivity contribution >= 4 is 11.8 Å². The summed E-state index contributed by atoms with van der Waals surface area (Å²) >= 11 is 0. The van der Waals surface area contributed by atoms with E-state index in [1.165, 1.54) is 12.1 Å². The van der Waals surface area contributed by atoms with Gasteiger partial charge in [-0.15, -0.1) is 0 Å². The Morgan fingerprint density at radius 3 is 2.22 bits per heavy atom. The van der Waals surface area contributed by atoms with Crippen molar-refractivity contribution in [2.24, 2.45) is 0 Å². The second kappa shape index (κ2) is 9.39. The van der Waals surface area contributed by atoms with Crippen LogP contribution in [0, 0.1) is 19.7 Å². The minimum Gasteiger partial charge on any atom is -0.464 e. The molecule has 1 aromatic heterocycles. The molecule has 0 atom stereocenters. The van der Waals surface area contributed by atoms with E-state index in [2.05, 4.69) is 0 Å². The highest BCUT2D eigenvalue weighted by atomic mass is 19.1. The van der Waals surface area contributed by atoms with Crippen molar-refractivity contribution in [2.75, 3.05) is 6.54 Å². The zero-order chi connectivity index (χ0) is 22.7. The summed E-state index contributed by atoms with van der Waals surface area (Å²) in [6, 6.07) is 17.3. The number of halogens is 1. The summed E-state index contributed by atoms with van der Waals surface area (Å²) in [7, 11) is 0. The first-order valence-corrected chi connectivity index (χ1v) is 10.8. The van der Waals surface area contributed by atoms with Crippen LogP contribution in [0.5, 0.6) is 0 Å². The Morgan fingerprint density at radius 2 is 1.62 bits per heavy atom. The third-order valence-corrected chi connectivity index (χ3v) is 5.63. The molecule has 6 heteroatoms. The summed E-state index contributed by atoms with van der Waals surface area (Å²) in [5.74, 6) is 0.813. The minimum absolute atomic E-state index is 0.00172. The van der Waals surface area contributed by atoms with Crippen LogP contribution in [-0.2, 0) is 17.9 Å². The lowest BCUT2D eigenvalue weighted by atomic mass is 10.1. The molecule has 1 fully saturated rings. The Hall–Kier alpha value is -3.41. The number of rotatable bonds is 8. The van der Waals surface area contributed by atoms with Crippen LogP contribution >= 0.6 is 0 Å². The number of hydrogen-bond acceptors (Lipinski definition) is 3. The van der Waals surface area contributed by atoms with Crippen molar-refractivity contribution in [1.29, 1.82) is 0 Å². The molecule has 0 saturated heterocycles. The average Bonchev–Trinajstić information content (AvgIpc) is 3.54. The molecular weight excluding hydrogens is 407 g/mol. The van der Waals surface area contributed by atoms with Gasteiger partial charge in [-0.2, -0.15) is 0 Å². The maximum absolute atomic E-state index is 13.4. The molecule has 0 bridgehead atoms. The molecule has 2 aromatic carbocycles. The summed E-state index contributed by atoms with van der Waals surface area (Å²) in [6.45, 7) is 4.40. The second-order valence-electron chi connectivity index (χ2n) is 8.42. The normalized spacial score (nSPS) is 13.1. The number of amides is 2. The number of furan rings is 1. The van der Waals surface area contributed by atoms with Gasteiger partial charge >= 0.3 is 0 Å². The minimum atomic E-state index is -0.322. The predicted molar refractivity (Wildman–Crippen MR) is 119 cm³/mol. The van der Waals surface area contributed by atoms with E-state index in [0.717, 1.165) is 29.7 Å². The van der Waals surface area contributed by atoms with Crippen LogP contribution in [0.4, 0.5) is 4.39 Å². The molecule has 5 nitrogen and oxygen atoms in total. The zero-order valence-electron chi connectivity index (χ0n) is 18.4. The van der Waals surface area contributed by atoms with E-state index in [1.807, 2.05) is 38.1 Å². The monoisotopic (exact) mass is 434 g/mol. The fourth-order valence-electron chi connectivity index (χ4n) is 3.66. The van der Waals surface area contributed by atoms with Crippen molar-refractivity contribution < 1.29 is 18.4 Å². The summed E-state index contributed by atoms with van der Waals surface area (Å²) in [5.41, 5.74) is 2.47. The Morgan fingerprint density at radius 1 is 0.938 bits per heavy atom. The van der Waals surface area contributed by atoms with Gasteiger partial charge in [0.2, 0.25) is 5.91 Å². The van der Waals surface area contributed by atoms with E-state index in [0.29, 0.717) is 17.9 Å². The first kappa shape index (κ1) is 21.8. The molecule has 4 rings (SSSR count). The molecule has 0 unspecified atom stereocenters. The van der Waals surface area contributed by atoms with Crippen LogP contribution in [0.25, 0.3) is 0 Å². The second-order valence-corrected chi connectivity index (χ2v) is 8.42.